The Morgan fingerprint density at radius 1 is 1.33 bits per heavy atom. The van der Waals surface area contributed by atoms with Crippen molar-refractivity contribution in [1.82, 2.24) is 5.32 Å². The predicted octanol–water partition coefficient (Wildman–Crippen LogP) is 3.08. The van der Waals surface area contributed by atoms with Crippen LogP contribution in [0.15, 0.2) is 35.7 Å². The van der Waals surface area contributed by atoms with Gasteiger partial charge < -0.3 is 16.4 Å². The predicted molar refractivity (Wildman–Crippen MR) is 90.1 cm³/mol. The maximum atomic E-state index is 11.6. The first-order valence-corrected chi connectivity index (χ1v) is 7.71. The number of anilines is 2. The van der Waals surface area contributed by atoms with Crippen LogP contribution in [0.5, 0.6) is 0 Å². The minimum Gasteiger partial charge on any atom is -0.397 e. The lowest BCUT2D eigenvalue weighted by atomic mass is 9.91. The zero-order chi connectivity index (χ0) is 15.5. The van der Waals surface area contributed by atoms with Crippen molar-refractivity contribution in [3.63, 3.8) is 0 Å². The lowest BCUT2D eigenvalue weighted by Gasteiger charge is -2.25. The minimum absolute atomic E-state index is 0.0278. The highest BCUT2D eigenvalue weighted by Gasteiger charge is 2.21. The van der Waals surface area contributed by atoms with E-state index in [9.17, 15) is 4.79 Å². The van der Waals surface area contributed by atoms with E-state index in [1.165, 1.54) is 4.88 Å². The molecule has 0 saturated carbocycles. The third-order valence-corrected chi connectivity index (χ3v) is 4.69. The molecule has 0 unspecified atom stereocenters. The fourth-order valence-corrected chi connectivity index (χ4v) is 2.93. The number of rotatable bonds is 5. The fraction of sp³-hybridized carbons (Fsp3) is 0.312. The highest BCUT2D eigenvalue weighted by atomic mass is 32.1. The first-order valence-electron chi connectivity index (χ1n) is 6.83. The van der Waals surface area contributed by atoms with E-state index in [2.05, 4.69) is 42.0 Å². The van der Waals surface area contributed by atoms with Crippen molar-refractivity contribution in [3.05, 3.63) is 46.2 Å². The number of benzene rings is 1. The van der Waals surface area contributed by atoms with E-state index >= 15 is 0 Å². The Morgan fingerprint density at radius 2 is 2.10 bits per heavy atom. The van der Waals surface area contributed by atoms with Gasteiger partial charge in [0.05, 0.1) is 11.4 Å². The number of nitrogen functional groups attached to an aromatic ring is 1. The molecule has 1 heterocycles. The van der Waals surface area contributed by atoms with Crippen LogP contribution in [0.25, 0.3) is 0 Å². The van der Waals surface area contributed by atoms with Gasteiger partial charge in [0.2, 0.25) is 0 Å². The number of amides is 1. The largest absolute Gasteiger partial charge is 0.397 e. The standard InChI is InChI=1S/C16H21N3OS/c1-16(2,14-5-4-8-21-14)10-19-13-7-6-11(9-12(13)17)15(20)18-3/h4-9,19H,10,17H2,1-3H3,(H,18,20). The zero-order valence-corrected chi connectivity index (χ0v) is 13.4. The summed E-state index contributed by atoms with van der Waals surface area (Å²) in [5.74, 6) is -0.132. The molecule has 4 N–H and O–H groups in total. The van der Waals surface area contributed by atoms with Gasteiger partial charge in [-0.05, 0) is 29.6 Å². The third kappa shape index (κ3) is 3.55. The molecular formula is C16H21N3OS. The van der Waals surface area contributed by atoms with Crippen LogP contribution in [0.4, 0.5) is 11.4 Å². The average molecular weight is 303 g/mol. The summed E-state index contributed by atoms with van der Waals surface area (Å²) in [7, 11) is 1.61. The Kier molecular flexibility index (Phi) is 4.53. The summed E-state index contributed by atoms with van der Waals surface area (Å²) >= 11 is 1.75. The van der Waals surface area contributed by atoms with Crippen LogP contribution in [-0.4, -0.2) is 19.5 Å². The lowest BCUT2D eigenvalue weighted by molar-refractivity contribution is 0.0963. The molecule has 2 aromatic rings. The number of nitrogens with two attached hydrogens (primary N) is 1. The van der Waals surface area contributed by atoms with Crippen LogP contribution in [0, 0.1) is 0 Å². The first-order chi connectivity index (χ1) is 9.94. The van der Waals surface area contributed by atoms with Gasteiger partial charge in [-0.25, -0.2) is 0 Å². The average Bonchev–Trinajstić information content (AvgIpc) is 3.00. The lowest BCUT2D eigenvalue weighted by Crippen LogP contribution is -2.27. The number of carbonyl (C=O) groups is 1. The van der Waals surface area contributed by atoms with Crippen LogP contribution >= 0.6 is 11.3 Å². The molecule has 112 valence electrons. The Bertz CT molecular complexity index is 620. The van der Waals surface area contributed by atoms with Gasteiger partial charge in [0.15, 0.2) is 0 Å². The summed E-state index contributed by atoms with van der Waals surface area (Å²) in [5.41, 5.74) is 8.05. The van der Waals surface area contributed by atoms with Crippen molar-refractivity contribution < 1.29 is 4.79 Å². The number of nitrogens with one attached hydrogen (secondary N) is 2. The molecule has 0 spiro atoms. The summed E-state index contributed by atoms with van der Waals surface area (Å²) in [4.78, 5) is 12.9. The van der Waals surface area contributed by atoms with Crippen LogP contribution in [0.3, 0.4) is 0 Å². The Labute approximate surface area is 129 Å². The Hall–Kier alpha value is -2.01. The SMILES string of the molecule is CNC(=O)c1ccc(NCC(C)(C)c2cccs2)c(N)c1. The molecule has 0 aliphatic heterocycles. The summed E-state index contributed by atoms with van der Waals surface area (Å²) in [6.45, 7) is 5.17. The van der Waals surface area contributed by atoms with Crippen LogP contribution in [-0.2, 0) is 5.41 Å². The molecule has 1 aromatic carbocycles. The second-order valence-electron chi connectivity index (χ2n) is 5.60. The minimum atomic E-state index is -0.132. The Morgan fingerprint density at radius 3 is 2.67 bits per heavy atom. The fourth-order valence-electron chi connectivity index (χ4n) is 2.08. The number of hydrogen-bond donors (Lipinski definition) is 3. The number of thiophene rings is 1. The van der Waals surface area contributed by atoms with E-state index in [1.807, 2.05) is 6.07 Å². The number of carbonyl (C=O) groups excluding carboxylic acids is 1. The van der Waals surface area contributed by atoms with Gasteiger partial charge in [-0.1, -0.05) is 19.9 Å². The molecule has 0 fully saturated rings. The van der Waals surface area contributed by atoms with E-state index in [0.717, 1.165) is 12.2 Å². The molecule has 0 atom stereocenters. The molecular weight excluding hydrogens is 282 g/mol. The Balaban J connectivity index is 2.09. The monoisotopic (exact) mass is 303 g/mol. The van der Waals surface area contributed by atoms with Crippen molar-refractivity contribution >= 4 is 28.6 Å². The smallest absolute Gasteiger partial charge is 0.251 e. The van der Waals surface area contributed by atoms with Crippen molar-refractivity contribution in [2.45, 2.75) is 19.3 Å². The summed E-state index contributed by atoms with van der Waals surface area (Å²) < 4.78 is 0. The van der Waals surface area contributed by atoms with Gasteiger partial charge in [-0.2, -0.15) is 0 Å². The molecule has 4 nitrogen and oxygen atoms in total. The highest BCUT2D eigenvalue weighted by Crippen LogP contribution is 2.29. The van der Waals surface area contributed by atoms with Gasteiger partial charge in [-0.3, -0.25) is 4.79 Å². The van der Waals surface area contributed by atoms with Gasteiger partial charge in [-0.15, -0.1) is 11.3 Å². The summed E-state index contributed by atoms with van der Waals surface area (Å²) in [6.07, 6.45) is 0. The normalized spacial score (nSPS) is 11.2. The van der Waals surface area contributed by atoms with E-state index in [0.29, 0.717) is 11.3 Å². The maximum absolute atomic E-state index is 11.6. The number of hydrogen-bond acceptors (Lipinski definition) is 4. The van der Waals surface area contributed by atoms with Crippen LogP contribution in [0.1, 0.15) is 29.1 Å². The van der Waals surface area contributed by atoms with Crippen molar-refractivity contribution in [2.24, 2.45) is 0 Å². The second kappa shape index (κ2) is 6.18. The highest BCUT2D eigenvalue weighted by molar-refractivity contribution is 7.10. The molecule has 0 saturated heterocycles. The molecule has 1 aromatic heterocycles. The molecule has 2 rings (SSSR count). The van der Waals surface area contributed by atoms with Crippen molar-refractivity contribution in [2.75, 3.05) is 24.6 Å². The van der Waals surface area contributed by atoms with E-state index in [-0.39, 0.29) is 11.3 Å². The zero-order valence-electron chi connectivity index (χ0n) is 12.6. The topological polar surface area (TPSA) is 67.2 Å². The molecule has 0 aliphatic carbocycles. The third-order valence-electron chi connectivity index (χ3n) is 3.45. The van der Waals surface area contributed by atoms with Gasteiger partial charge in [0, 0.05) is 29.4 Å². The van der Waals surface area contributed by atoms with E-state index < -0.39 is 0 Å². The van der Waals surface area contributed by atoms with Crippen LogP contribution < -0.4 is 16.4 Å². The molecule has 0 bridgehead atoms. The molecule has 0 aliphatic rings. The van der Waals surface area contributed by atoms with Crippen LogP contribution in [0.2, 0.25) is 0 Å². The second-order valence-corrected chi connectivity index (χ2v) is 6.54. The van der Waals surface area contributed by atoms with E-state index in [1.54, 1.807) is 30.5 Å². The van der Waals surface area contributed by atoms with E-state index in [4.69, 9.17) is 5.73 Å². The van der Waals surface area contributed by atoms with Gasteiger partial charge in [0.25, 0.3) is 5.91 Å². The molecule has 0 radical (unpaired) electrons. The van der Waals surface area contributed by atoms with Crippen molar-refractivity contribution in [3.8, 4) is 0 Å². The maximum Gasteiger partial charge on any atom is 0.251 e. The summed E-state index contributed by atoms with van der Waals surface area (Å²) in [6, 6.07) is 9.53. The molecule has 21 heavy (non-hydrogen) atoms. The summed E-state index contributed by atoms with van der Waals surface area (Å²) in [5, 5.41) is 8.05. The van der Waals surface area contributed by atoms with Gasteiger partial charge in [0.1, 0.15) is 0 Å². The molecule has 5 heteroatoms. The molecule has 1 amide bonds. The van der Waals surface area contributed by atoms with Gasteiger partial charge >= 0.3 is 0 Å². The quantitative estimate of drug-likeness (QED) is 0.744. The van der Waals surface area contributed by atoms with Crippen molar-refractivity contribution in [1.29, 1.82) is 0 Å². The first kappa shape index (κ1) is 15.4.